The van der Waals surface area contributed by atoms with Crippen LogP contribution in [0.1, 0.15) is 35.2 Å². The zero-order chi connectivity index (χ0) is 15.6. The van der Waals surface area contributed by atoms with Crippen molar-refractivity contribution in [3.63, 3.8) is 0 Å². The summed E-state index contributed by atoms with van der Waals surface area (Å²) in [5.41, 5.74) is -0.737. The van der Waals surface area contributed by atoms with Crippen molar-refractivity contribution in [2.75, 3.05) is 11.9 Å². The van der Waals surface area contributed by atoms with Crippen LogP contribution < -0.4 is 0 Å². The minimum atomic E-state index is -4.48. The molecule has 1 saturated carbocycles. The van der Waals surface area contributed by atoms with Gasteiger partial charge in [-0.3, -0.25) is 4.79 Å². The summed E-state index contributed by atoms with van der Waals surface area (Å²) in [6, 6.07) is 3.78. The molecule has 0 bridgehead atoms. The average Bonchev–Trinajstić information content (AvgIpc) is 2.34. The molecule has 0 aromatic heterocycles. The van der Waals surface area contributed by atoms with E-state index in [1.54, 1.807) is 4.90 Å². The smallest absolute Gasteiger partial charge is 0.335 e. The molecule has 1 aliphatic rings. The lowest BCUT2D eigenvalue weighted by Gasteiger charge is -2.37. The second kappa shape index (κ2) is 6.69. The highest BCUT2D eigenvalue weighted by Gasteiger charge is 2.35. The number of carbonyl (C=O) groups excluding carboxylic acids is 1. The first-order valence-electron chi connectivity index (χ1n) is 6.58. The fourth-order valence-corrected chi connectivity index (χ4v) is 3.13. The van der Waals surface area contributed by atoms with Crippen molar-refractivity contribution < 1.29 is 18.0 Å². The Hall–Kier alpha value is -0.560. The predicted octanol–water partition coefficient (Wildman–Crippen LogP) is 4.86. The fraction of sp³-hybridized carbons (Fsp3) is 0.500. The topological polar surface area (TPSA) is 20.3 Å². The number of hydrogen-bond donors (Lipinski definition) is 0. The van der Waals surface area contributed by atoms with Crippen molar-refractivity contribution in [2.45, 2.75) is 31.5 Å². The zero-order valence-electron chi connectivity index (χ0n) is 11.1. The molecule has 0 heterocycles. The van der Waals surface area contributed by atoms with E-state index < -0.39 is 11.7 Å². The summed E-state index contributed by atoms with van der Waals surface area (Å²) in [5, 5.41) is 0.609. The van der Waals surface area contributed by atoms with Gasteiger partial charge in [-0.2, -0.15) is 13.2 Å². The van der Waals surface area contributed by atoms with E-state index in [1.807, 2.05) is 0 Å². The predicted molar refractivity (Wildman–Crippen MR) is 81.6 cm³/mol. The highest BCUT2D eigenvalue weighted by molar-refractivity contribution is 9.10. The van der Waals surface area contributed by atoms with Gasteiger partial charge in [-0.15, -0.1) is 0 Å². The van der Waals surface area contributed by atoms with Crippen molar-refractivity contribution in [3.05, 3.63) is 33.8 Å². The summed E-state index contributed by atoms with van der Waals surface area (Å²) in [7, 11) is 0. The Morgan fingerprint density at radius 2 is 2.00 bits per heavy atom. The molecule has 0 N–H and O–H groups in total. The van der Waals surface area contributed by atoms with Crippen LogP contribution in [0, 0.1) is 0 Å². The third-order valence-electron chi connectivity index (χ3n) is 3.62. The minimum absolute atomic E-state index is 0.0535. The molecule has 116 valence electrons. The number of amides is 1. The Kier molecular flexibility index (Phi) is 5.35. The van der Waals surface area contributed by atoms with Gasteiger partial charge in [-0.05, 0) is 37.5 Å². The van der Waals surface area contributed by atoms with Crippen molar-refractivity contribution in [3.8, 4) is 0 Å². The van der Waals surface area contributed by atoms with E-state index in [4.69, 9.17) is 0 Å². The molecule has 1 aliphatic carbocycles. The molecule has 0 radical (unpaired) electrons. The number of hydrogen-bond acceptors (Lipinski definition) is 1. The molecule has 0 saturated heterocycles. The van der Waals surface area contributed by atoms with Crippen LogP contribution >= 0.6 is 31.9 Å². The molecule has 7 heteroatoms. The molecule has 0 aliphatic heterocycles. The average molecular weight is 429 g/mol. The van der Waals surface area contributed by atoms with E-state index in [9.17, 15) is 18.0 Å². The zero-order valence-corrected chi connectivity index (χ0v) is 14.3. The number of alkyl halides is 4. The molecule has 0 spiro atoms. The number of nitrogens with zero attached hydrogens (tertiary/aromatic N) is 1. The lowest BCUT2D eigenvalue weighted by Crippen LogP contribution is -2.45. The molecular weight excluding hydrogens is 415 g/mol. The van der Waals surface area contributed by atoms with E-state index in [2.05, 4.69) is 31.9 Å². The van der Waals surface area contributed by atoms with Crippen LogP contribution in [-0.4, -0.2) is 28.7 Å². The van der Waals surface area contributed by atoms with Gasteiger partial charge in [0.1, 0.15) is 0 Å². The van der Waals surface area contributed by atoms with Gasteiger partial charge in [0.25, 0.3) is 5.91 Å². The first kappa shape index (κ1) is 16.8. The number of rotatable bonds is 4. The van der Waals surface area contributed by atoms with Gasteiger partial charge < -0.3 is 4.90 Å². The van der Waals surface area contributed by atoms with Crippen LogP contribution in [0.4, 0.5) is 13.2 Å². The van der Waals surface area contributed by atoms with Gasteiger partial charge in [-0.25, -0.2) is 0 Å². The standard InChI is InChI=1S/C14H14Br2F3NO/c15-6-7-20(10-2-1-3-10)13(21)9-4-5-12(16)11(8-9)14(17,18)19/h4-5,8,10H,1-3,6-7H2. The van der Waals surface area contributed by atoms with Crippen LogP contribution in [0.3, 0.4) is 0 Å². The maximum Gasteiger partial charge on any atom is 0.417 e. The largest absolute Gasteiger partial charge is 0.417 e. The third kappa shape index (κ3) is 3.80. The van der Waals surface area contributed by atoms with Crippen LogP contribution in [0.15, 0.2) is 22.7 Å². The first-order valence-corrected chi connectivity index (χ1v) is 8.49. The Morgan fingerprint density at radius 3 is 2.48 bits per heavy atom. The Balaban J connectivity index is 2.29. The van der Waals surface area contributed by atoms with Crippen LogP contribution in [0.2, 0.25) is 0 Å². The lowest BCUT2D eigenvalue weighted by atomic mass is 9.91. The summed E-state index contributed by atoms with van der Waals surface area (Å²) < 4.78 is 38.7. The summed E-state index contributed by atoms with van der Waals surface area (Å²) in [5.74, 6) is -0.336. The normalized spacial score (nSPS) is 15.7. The highest BCUT2D eigenvalue weighted by atomic mass is 79.9. The van der Waals surface area contributed by atoms with Crippen molar-refractivity contribution in [1.82, 2.24) is 4.90 Å². The molecule has 1 fully saturated rings. The SMILES string of the molecule is O=C(c1ccc(Br)c(C(F)(F)F)c1)N(CCBr)C1CCC1. The molecule has 1 amide bonds. The number of carbonyl (C=O) groups is 1. The molecule has 1 aromatic rings. The van der Waals surface area contributed by atoms with Crippen molar-refractivity contribution >= 4 is 37.8 Å². The summed E-state index contributed by atoms with van der Waals surface area (Å²) >= 11 is 6.17. The van der Waals surface area contributed by atoms with Crippen LogP contribution in [-0.2, 0) is 6.18 Å². The second-order valence-electron chi connectivity index (χ2n) is 4.96. The maximum absolute atomic E-state index is 12.9. The Labute approximate surface area is 137 Å². The molecule has 0 atom stereocenters. The maximum atomic E-state index is 12.9. The van der Waals surface area contributed by atoms with Gasteiger partial charge in [0, 0.05) is 28.0 Å². The van der Waals surface area contributed by atoms with Gasteiger partial charge in [-0.1, -0.05) is 31.9 Å². The van der Waals surface area contributed by atoms with Gasteiger partial charge in [0.2, 0.25) is 0 Å². The summed E-state index contributed by atoms with van der Waals surface area (Å²) in [6.07, 6.45) is -1.58. The molecular formula is C14H14Br2F3NO. The fourth-order valence-electron chi connectivity index (χ4n) is 2.28. The first-order chi connectivity index (χ1) is 9.84. The Bertz CT molecular complexity index is 529. The molecule has 2 nitrogen and oxygen atoms in total. The minimum Gasteiger partial charge on any atom is -0.335 e. The number of halogens is 5. The molecule has 2 rings (SSSR count). The Morgan fingerprint density at radius 1 is 1.33 bits per heavy atom. The summed E-state index contributed by atoms with van der Waals surface area (Å²) in [6.45, 7) is 0.501. The highest BCUT2D eigenvalue weighted by Crippen LogP contribution is 2.36. The lowest BCUT2D eigenvalue weighted by molar-refractivity contribution is -0.138. The van der Waals surface area contributed by atoms with Crippen LogP contribution in [0.25, 0.3) is 0 Å². The van der Waals surface area contributed by atoms with Gasteiger partial charge in [0.15, 0.2) is 0 Å². The molecule has 1 aromatic carbocycles. The van der Waals surface area contributed by atoms with E-state index in [1.165, 1.54) is 12.1 Å². The van der Waals surface area contributed by atoms with Crippen LogP contribution in [0.5, 0.6) is 0 Å². The van der Waals surface area contributed by atoms with Gasteiger partial charge in [0.05, 0.1) is 5.56 Å². The van der Waals surface area contributed by atoms with E-state index in [0.717, 1.165) is 25.3 Å². The molecule has 21 heavy (non-hydrogen) atoms. The van der Waals surface area contributed by atoms with E-state index in [0.29, 0.717) is 11.9 Å². The molecule has 0 unspecified atom stereocenters. The van der Waals surface area contributed by atoms with Crippen molar-refractivity contribution in [1.29, 1.82) is 0 Å². The van der Waals surface area contributed by atoms with E-state index >= 15 is 0 Å². The summed E-state index contributed by atoms with van der Waals surface area (Å²) in [4.78, 5) is 14.2. The number of benzene rings is 1. The van der Waals surface area contributed by atoms with Gasteiger partial charge >= 0.3 is 6.18 Å². The van der Waals surface area contributed by atoms with E-state index in [-0.39, 0.29) is 22.0 Å². The van der Waals surface area contributed by atoms with Crippen molar-refractivity contribution in [2.24, 2.45) is 0 Å². The third-order valence-corrected chi connectivity index (χ3v) is 4.67. The second-order valence-corrected chi connectivity index (χ2v) is 6.61. The quantitative estimate of drug-likeness (QED) is 0.627. The monoisotopic (exact) mass is 427 g/mol.